The van der Waals surface area contributed by atoms with E-state index in [9.17, 15) is 10.2 Å². The van der Waals surface area contributed by atoms with Crippen molar-refractivity contribution < 1.29 is 10.2 Å². The van der Waals surface area contributed by atoms with Crippen molar-refractivity contribution in [3.05, 3.63) is 52.1 Å². The number of phenols is 2. The summed E-state index contributed by atoms with van der Waals surface area (Å²) in [7, 11) is 0. The molecule has 3 aromatic rings. The van der Waals surface area contributed by atoms with Gasteiger partial charge in [-0.2, -0.15) is 5.10 Å². The highest BCUT2D eigenvalue weighted by molar-refractivity contribution is 7.71. The van der Waals surface area contributed by atoms with E-state index in [-0.39, 0.29) is 11.5 Å². The molecule has 0 bridgehead atoms. The second-order valence-electron chi connectivity index (χ2n) is 7.34. The average molecular weight is 397 g/mol. The predicted octanol–water partition coefficient (Wildman–Crippen LogP) is 4.80. The molecule has 4 rings (SSSR count). The molecular formula is C21H24N4O2S. The van der Waals surface area contributed by atoms with Crippen LogP contribution in [-0.2, 0) is 12.8 Å². The molecule has 0 amide bonds. The number of benzene rings is 1. The summed E-state index contributed by atoms with van der Waals surface area (Å²) in [5, 5.41) is 27.8. The summed E-state index contributed by atoms with van der Waals surface area (Å²) >= 11 is 5.54. The van der Waals surface area contributed by atoms with Gasteiger partial charge in [-0.05, 0) is 63.0 Å². The highest BCUT2D eigenvalue weighted by Crippen LogP contribution is 2.38. The maximum Gasteiger partial charge on any atom is 0.200 e. The third kappa shape index (κ3) is 2.86. The number of aryl methyl sites for hydroxylation is 1. The van der Waals surface area contributed by atoms with Crippen molar-refractivity contribution in [3.8, 4) is 22.9 Å². The van der Waals surface area contributed by atoms with Crippen LogP contribution in [0.25, 0.3) is 17.1 Å². The van der Waals surface area contributed by atoms with Crippen LogP contribution < -0.4 is 0 Å². The summed E-state index contributed by atoms with van der Waals surface area (Å²) in [6.45, 7) is 6.31. The summed E-state index contributed by atoms with van der Waals surface area (Å²) in [4.78, 5) is 0. The number of phenolic OH excluding ortho intramolecular Hbond substituents is 2. The minimum Gasteiger partial charge on any atom is -0.508 e. The topological polar surface area (TPSA) is 79.0 Å². The van der Waals surface area contributed by atoms with E-state index in [4.69, 9.17) is 12.2 Å². The first-order valence-corrected chi connectivity index (χ1v) is 9.96. The van der Waals surface area contributed by atoms with Gasteiger partial charge < -0.3 is 14.8 Å². The maximum atomic E-state index is 10.5. The minimum absolute atomic E-state index is 0.0265. The Hall–Kier alpha value is -2.80. The molecule has 0 fully saturated rings. The Morgan fingerprint density at radius 2 is 2.00 bits per heavy atom. The van der Waals surface area contributed by atoms with Gasteiger partial charge in [-0.25, -0.2) is 0 Å². The Bertz CT molecular complexity index is 1130. The Morgan fingerprint density at radius 1 is 1.21 bits per heavy atom. The van der Waals surface area contributed by atoms with E-state index in [2.05, 4.69) is 47.0 Å². The Labute approximate surface area is 168 Å². The molecule has 0 atom stereocenters. The van der Waals surface area contributed by atoms with Crippen LogP contribution in [-0.4, -0.2) is 29.5 Å². The number of allylic oxidation sites excluding steroid dienone is 1. The SMILES string of the molecule is CCc1cc(-c2n[nH]c(=S)n2C2=CCCc3c2ccn3C(C)C)c(O)cc1O. The zero-order valence-corrected chi connectivity index (χ0v) is 17.0. The molecule has 0 aliphatic heterocycles. The first-order chi connectivity index (χ1) is 13.4. The van der Waals surface area contributed by atoms with Crippen molar-refractivity contribution in [1.29, 1.82) is 0 Å². The van der Waals surface area contributed by atoms with Gasteiger partial charge in [0.15, 0.2) is 10.6 Å². The summed E-state index contributed by atoms with van der Waals surface area (Å²) < 4.78 is 4.64. The van der Waals surface area contributed by atoms with Gasteiger partial charge in [-0.1, -0.05) is 13.0 Å². The second-order valence-corrected chi connectivity index (χ2v) is 7.73. The van der Waals surface area contributed by atoms with Crippen molar-refractivity contribution in [2.24, 2.45) is 0 Å². The van der Waals surface area contributed by atoms with Gasteiger partial charge in [0.05, 0.1) is 11.3 Å². The number of rotatable bonds is 4. The lowest BCUT2D eigenvalue weighted by molar-refractivity contribution is 0.447. The minimum atomic E-state index is -0.0265. The zero-order chi connectivity index (χ0) is 20.0. The summed E-state index contributed by atoms with van der Waals surface area (Å²) in [6.07, 6.45) is 6.82. The van der Waals surface area contributed by atoms with Crippen LogP contribution in [0, 0.1) is 4.77 Å². The van der Waals surface area contributed by atoms with Crippen molar-refractivity contribution in [1.82, 2.24) is 19.3 Å². The number of nitrogens with zero attached hydrogens (tertiary/aromatic N) is 3. The van der Waals surface area contributed by atoms with Gasteiger partial charge in [-0.15, -0.1) is 0 Å². The van der Waals surface area contributed by atoms with E-state index in [1.807, 2.05) is 11.5 Å². The van der Waals surface area contributed by atoms with Gasteiger partial charge in [0.1, 0.15) is 11.5 Å². The molecule has 146 valence electrons. The molecular weight excluding hydrogens is 372 g/mol. The van der Waals surface area contributed by atoms with Gasteiger partial charge in [0.2, 0.25) is 0 Å². The maximum absolute atomic E-state index is 10.5. The molecule has 1 aliphatic rings. The van der Waals surface area contributed by atoms with Crippen LogP contribution in [0.5, 0.6) is 11.5 Å². The largest absolute Gasteiger partial charge is 0.508 e. The number of fused-ring (bicyclic) bond motifs is 1. The first kappa shape index (κ1) is 18.6. The monoisotopic (exact) mass is 396 g/mol. The van der Waals surface area contributed by atoms with Crippen LogP contribution >= 0.6 is 12.2 Å². The molecule has 0 saturated heterocycles. The number of aromatic amines is 1. The van der Waals surface area contributed by atoms with E-state index in [1.54, 1.807) is 6.07 Å². The Morgan fingerprint density at radius 3 is 2.71 bits per heavy atom. The number of hydrogen-bond acceptors (Lipinski definition) is 4. The lowest BCUT2D eigenvalue weighted by Gasteiger charge is -2.21. The van der Waals surface area contributed by atoms with Crippen molar-refractivity contribution in [3.63, 3.8) is 0 Å². The van der Waals surface area contributed by atoms with Crippen molar-refractivity contribution in [2.75, 3.05) is 0 Å². The molecule has 3 N–H and O–H groups in total. The van der Waals surface area contributed by atoms with Gasteiger partial charge in [0, 0.05) is 29.6 Å². The van der Waals surface area contributed by atoms with E-state index < -0.39 is 0 Å². The van der Waals surface area contributed by atoms with Crippen LogP contribution in [0.1, 0.15) is 50.1 Å². The van der Waals surface area contributed by atoms with Crippen molar-refractivity contribution in [2.45, 2.75) is 46.1 Å². The molecule has 7 heteroatoms. The fourth-order valence-corrected chi connectivity index (χ4v) is 4.14. The van der Waals surface area contributed by atoms with Crippen LogP contribution in [0.15, 0.2) is 30.5 Å². The molecule has 2 aromatic heterocycles. The molecule has 1 aliphatic carbocycles. The third-order valence-corrected chi connectivity index (χ3v) is 5.58. The van der Waals surface area contributed by atoms with Crippen LogP contribution in [0.3, 0.4) is 0 Å². The summed E-state index contributed by atoms with van der Waals surface area (Å²) in [5.41, 5.74) is 4.68. The highest BCUT2D eigenvalue weighted by Gasteiger charge is 2.24. The Kier molecular flexibility index (Phi) is 4.63. The molecule has 6 nitrogen and oxygen atoms in total. The summed E-state index contributed by atoms with van der Waals surface area (Å²) in [6, 6.07) is 5.64. The molecule has 28 heavy (non-hydrogen) atoms. The van der Waals surface area contributed by atoms with Crippen LogP contribution in [0.4, 0.5) is 0 Å². The third-order valence-electron chi connectivity index (χ3n) is 5.31. The quantitative estimate of drug-likeness (QED) is 0.554. The molecule has 0 unspecified atom stereocenters. The van der Waals surface area contributed by atoms with Gasteiger partial charge >= 0.3 is 0 Å². The molecule has 1 aromatic carbocycles. The number of H-pyrrole nitrogens is 1. The number of aromatic nitrogens is 4. The van der Waals surface area contributed by atoms with E-state index >= 15 is 0 Å². The molecule has 0 radical (unpaired) electrons. The highest BCUT2D eigenvalue weighted by atomic mass is 32.1. The van der Waals surface area contributed by atoms with Crippen molar-refractivity contribution >= 4 is 17.9 Å². The lowest BCUT2D eigenvalue weighted by Crippen LogP contribution is -2.12. The standard InChI is InChI=1S/C21H24N4O2S/c1-4-13-10-15(19(27)11-18(13)26)20-22-23-21(28)25(20)17-7-5-6-16-14(17)8-9-24(16)12(2)3/h7-12,26-27H,4-6H2,1-3H3,(H,23,28). The number of hydrogen-bond donors (Lipinski definition) is 3. The fraction of sp³-hybridized carbons (Fsp3) is 0.333. The summed E-state index contributed by atoms with van der Waals surface area (Å²) in [5.74, 6) is 0.590. The number of aromatic hydroxyl groups is 2. The number of nitrogens with one attached hydrogen (secondary N) is 1. The van der Waals surface area contributed by atoms with E-state index in [0.717, 1.165) is 29.7 Å². The normalized spacial score (nSPS) is 13.6. The molecule has 0 saturated carbocycles. The molecule has 2 heterocycles. The first-order valence-electron chi connectivity index (χ1n) is 9.55. The van der Waals surface area contributed by atoms with Gasteiger partial charge in [-0.3, -0.25) is 9.67 Å². The van der Waals surface area contributed by atoms with Gasteiger partial charge in [0.25, 0.3) is 0 Å². The Balaban J connectivity index is 1.91. The molecule has 0 spiro atoms. The second kappa shape index (κ2) is 6.98. The zero-order valence-electron chi connectivity index (χ0n) is 16.2. The van der Waals surface area contributed by atoms with Crippen LogP contribution in [0.2, 0.25) is 0 Å². The lowest BCUT2D eigenvalue weighted by atomic mass is 10.0. The fourth-order valence-electron chi connectivity index (χ4n) is 3.91. The average Bonchev–Trinajstić information content (AvgIpc) is 3.25. The van der Waals surface area contributed by atoms with E-state index in [0.29, 0.717) is 28.6 Å². The van der Waals surface area contributed by atoms with E-state index in [1.165, 1.54) is 11.8 Å². The smallest absolute Gasteiger partial charge is 0.200 e. The predicted molar refractivity (Wildman–Crippen MR) is 112 cm³/mol.